The first kappa shape index (κ1) is 11.3. The van der Waals surface area contributed by atoms with Crippen molar-refractivity contribution in [3.05, 3.63) is 0 Å². The highest BCUT2D eigenvalue weighted by molar-refractivity contribution is 5.82. The molecule has 1 aliphatic carbocycles. The fourth-order valence-corrected chi connectivity index (χ4v) is 2.67. The molecule has 0 radical (unpaired) electrons. The standard InChI is InChI=1S/C10H18N4O2/c11-13-10(16)6-14-5-9(15)12-7-3-1-2-4-8(7)14/h7-8H,1-6,11H2,(H,12,15)(H,13,16). The highest BCUT2D eigenvalue weighted by Crippen LogP contribution is 2.25. The van der Waals surface area contributed by atoms with Crippen LogP contribution in [0, 0.1) is 0 Å². The van der Waals surface area contributed by atoms with Gasteiger partial charge in [-0.05, 0) is 12.8 Å². The number of fused-ring (bicyclic) bond motifs is 1. The number of nitrogens with zero attached hydrogens (tertiary/aromatic N) is 1. The molecule has 1 saturated carbocycles. The Balaban J connectivity index is 2.03. The molecule has 0 aromatic rings. The van der Waals surface area contributed by atoms with Gasteiger partial charge in [0.1, 0.15) is 0 Å². The van der Waals surface area contributed by atoms with Crippen molar-refractivity contribution in [2.75, 3.05) is 13.1 Å². The first-order valence-electron chi connectivity index (χ1n) is 5.73. The summed E-state index contributed by atoms with van der Waals surface area (Å²) in [4.78, 5) is 24.7. The molecule has 1 saturated heterocycles. The van der Waals surface area contributed by atoms with Crippen LogP contribution in [0.25, 0.3) is 0 Å². The SMILES string of the molecule is NNC(=O)CN1CC(=O)NC2CCCCC21. The molecule has 2 aliphatic rings. The summed E-state index contributed by atoms with van der Waals surface area (Å²) in [5, 5.41) is 3.00. The molecular weight excluding hydrogens is 208 g/mol. The number of rotatable bonds is 2. The van der Waals surface area contributed by atoms with Crippen molar-refractivity contribution in [1.82, 2.24) is 15.6 Å². The first-order valence-corrected chi connectivity index (χ1v) is 5.73. The highest BCUT2D eigenvalue weighted by Gasteiger charge is 2.36. The molecule has 2 fully saturated rings. The van der Waals surface area contributed by atoms with Crippen LogP contribution in [0.2, 0.25) is 0 Å². The normalized spacial score (nSPS) is 30.4. The van der Waals surface area contributed by atoms with Crippen molar-refractivity contribution in [2.24, 2.45) is 5.84 Å². The summed E-state index contributed by atoms with van der Waals surface area (Å²) in [5.41, 5.74) is 2.11. The minimum absolute atomic E-state index is 0.00738. The van der Waals surface area contributed by atoms with Gasteiger partial charge in [-0.3, -0.25) is 19.9 Å². The summed E-state index contributed by atoms with van der Waals surface area (Å²) >= 11 is 0. The molecule has 2 atom stereocenters. The first-order chi connectivity index (χ1) is 7.70. The van der Waals surface area contributed by atoms with Crippen LogP contribution in [0.3, 0.4) is 0 Å². The lowest BCUT2D eigenvalue weighted by molar-refractivity contribution is -0.131. The monoisotopic (exact) mass is 226 g/mol. The van der Waals surface area contributed by atoms with Gasteiger partial charge >= 0.3 is 0 Å². The number of carbonyl (C=O) groups excluding carboxylic acids is 2. The summed E-state index contributed by atoms with van der Waals surface area (Å²) in [6.07, 6.45) is 4.37. The van der Waals surface area contributed by atoms with Gasteiger partial charge in [0, 0.05) is 12.1 Å². The van der Waals surface area contributed by atoms with Gasteiger partial charge in [-0.2, -0.15) is 0 Å². The Hall–Kier alpha value is -1.14. The third-order valence-electron chi connectivity index (χ3n) is 3.40. The predicted octanol–water partition coefficient (Wildman–Crippen LogP) is -1.28. The second-order valence-corrected chi connectivity index (χ2v) is 4.50. The van der Waals surface area contributed by atoms with Crippen molar-refractivity contribution in [3.63, 3.8) is 0 Å². The number of nitrogens with one attached hydrogen (secondary N) is 2. The second kappa shape index (κ2) is 4.80. The van der Waals surface area contributed by atoms with Crippen LogP contribution in [-0.2, 0) is 9.59 Å². The van der Waals surface area contributed by atoms with Crippen molar-refractivity contribution in [3.8, 4) is 0 Å². The largest absolute Gasteiger partial charge is 0.351 e. The molecule has 2 amide bonds. The van der Waals surface area contributed by atoms with Gasteiger partial charge in [0.15, 0.2) is 0 Å². The number of hydrogen-bond acceptors (Lipinski definition) is 4. The van der Waals surface area contributed by atoms with E-state index in [1.54, 1.807) is 0 Å². The van der Waals surface area contributed by atoms with Gasteiger partial charge in [0.2, 0.25) is 11.8 Å². The topological polar surface area (TPSA) is 87.5 Å². The van der Waals surface area contributed by atoms with Gasteiger partial charge in [-0.25, -0.2) is 5.84 Å². The highest BCUT2D eigenvalue weighted by atomic mass is 16.2. The summed E-state index contributed by atoms with van der Waals surface area (Å²) in [6.45, 7) is 0.514. The van der Waals surface area contributed by atoms with E-state index in [0.717, 1.165) is 25.7 Å². The van der Waals surface area contributed by atoms with Crippen molar-refractivity contribution >= 4 is 11.8 Å². The lowest BCUT2D eigenvalue weighted by atomic mass is 9.87. The molecule has 0 bridgehead atoms. The summed E-state index contributed by atoms with van der Waals surface area (Å²) in [5.74, 6) is 4.84. The van der Waals surface area contributed by atoms with E-state index < -0.39 is 0 Å². The third-order valence-corrected chi connectivity index (χ3v) is 3.40. The maximum absolute atomic E-state index is 11.5. The van der Waals surface area contributed by atoms with E-state index in [1.165, 1.54) is 0 Å². The van der Waals surface area contributed by atoms with E-state index in [4.69, 9.17) is 5.84 Å². The Kier molecular flexibility index (Phi) is 3.40. The minimum atomic E-state index is -0.237. The Morgan fingerprint density at radius 1 is 1.50 bits per heavy atom. The fourth-order valence-electron chi connectivity index (χ4n) is 2.67. The average molecular weight is 226 g/mol. The number of nitrogens with two attached hydrogens (primary N) is 1. The molecule has 6 heteroatoms. The van der Waals surface area contributed by atoms with Gasteiger partial charge < -0.3 is 5.32 Å². The van der Waals surface area contributed by atoms with Gasteiger partial charge in [0.05, 0.1) is 13.1 Å². The summed E-state index contributed by atoms with van der Waals surface area (Å²) in [7, 11) is 0. The molecule has 90 valence electrons. The van der Waals surface area contributed by atoms with Gasteiger partial charge in [-0.15, -0.1) is 0 Å². The minimum Gasteiger partial charge on any atom is -0.351 e. The Morgan fingerprint density at radius 3 is 3.00 bits per heavy atom. The predicted molar refractivity (Wildman–Crippen MR) is 58.1 cm³/mol. The molecule has 0 aromatic heterocycles. The van der Waals surface area contributed by atoms with Gasteiger partial charge in [-0.1, -0.05) is 12.8 Å². The number of amides is 2. The number of carbonyl (C=O) groups is 2. The van der Waals surface area contributed by atoms with E-state index in [9.17, 15) is 9.59 Å². The average Bonchev–Trinajstić information content (AvgIpc) is 2.28. The molecule has 1 aliphatic heterocycles. The zero-order valence-electron chi connectivity index (χ0n) is 9.24. The molecule has 2 rings (SSSR count). The third kappa shape index (κ3) is 2.33. The van der Waals surface area contributed by atoms with Crippen LogP contribution in [0.15, 0.2) is 0 Å². The fraction of sp³-hybridized carbons (Fsp3) is 0.800. The van der Waals surface area contributed by atoms with Crippen LogP contribution >= 0.6 is 0 Å². The van der Waals surface area contributed by atoms with Crippen LogP contribution in [0.1, 0.15) is 25.7 Å². The van der Waals surface area contributed by atoms with E-state index in [0.29, 0.717) is 12.6 Å². The van der Waals surface area contributed by atoms with Crippen LogP contribution in [-0.4, -0.2) is 41.9 Å². The smallest absolute Gasteiger partial charge is 0.248 e. The Labute approximate surface area is 94.5 Å². The number of hydrazine groups is 1. The molecular formula is C10H18N4O2. The summed E-state index contributed by atoms with van der Waals surface area (Å²) in [6, 6.07) is 0.504. The molecule has 1 heterocycles. The molecule has 16 heavy (non-hydrogen) atoms. The maximum Gasteiger partial charge on any atom is 0.248 e. The van der Waals surface area contributed by atoms with Crippen LogP contribution in [0.5, 0.6) is 0 Å². The lowest BCUT2D eigenvalue weighted by Crippen LogP contribution is -2.63. The van der Waals surface area contributed by atoms with E-state index in [1.807, 2.05) is 4.90 Å². The van der Waals surface area contributed by atoms with E-state index >= 15 is 0 Å². The Bertz CT molecular complexity index is 295. The molecule has 0 spiro atoms. The van der Waals surface area contributed by atoms with Crippen LogP contribution < -0.4 is 16.6 Å². The van der Waals surface area contributed by atoms with E-state index in [2.05, 4.69) is 10.7 Å². The van der Waals surface area contributed by atoms with Gasteiger partial charge in [0.25, 0.3) is 0 Å². The quantitative estimate of drug-likeness (QED) is 0.311. The zero-order valence-corrected chi connectivity index (χ0v) is 9.24. The van der Waals surface area contributed by atoms with Crippen LogP contribution in [0.4, 0.5) is 0 Å². The molecule has 4 N–H and O–H groups in total. The molecule has 6 nitrogen and oxygen atoms in total. The molecule has 2 unspecified atom stereocenters. The second-order valence-electron chi connectivity index (χ2n) is 4.50. The lowest BCUT2D eigenvalue weighted by Gasteiger charge is -2.43. The zero-order chi connectivity index (χ0) is 11.5. The number of hydrogen-bond donors (Lipinski definition) is 3. The summed E-state index contributed by atoms with van der Waals surface area (Å²) < 4.78 is 0. The van der Waals surface area contributed by atoms with E-state index in [-0.39, 0.29) is 24.4 Å². The van der Waals surface area contributed by atoms with Crippen molar-refractivity contribution < 1.29 is 9.59 Å². The van der Waals surface area contributed by atoms with Crippen molar-refractivity contribution in [1.29, 1.82) is 0 Å². The Morgan fingerprint density at radius 2 is 2.25 bits per heavy atom. The molecule has 0 aromatic carbocycles. The number of piperazine rings is 1. The maximum atomic E-state index is 11.5. The van der Waals surface area contributed by atoms with Crippen molar-refractivity contribution in [2.45, 2.75) is 37.8 Å².